The molecule has 0 aromatic heterocycles. The number of hydrogen-bond donors (Lipinski definition) is 0. The van der Waals surface area contributed by atoms with E-state index in [1.807, 2.05) is 24.3 Å². The molecule has 1 heterocycles. The van der Waals surface area contributed by atoms with Crippen LogP contribution < -0.4 is 4.74 Å². The number of ether oxygens (including phenoxy) is 2. The smallest absolute Gasteiger partial charge is 0.269 e. The van der Waals surface area contributed by atoms with E-state index in [9.17, 15) is 19.7 Å². The molecule has 0 fully saturated rings. The zero-order valence-corrected chi connectivity index (χ0v) is 18.0. The summed E-state index contributed by atoms with van der Waals surface area (Å²) in [4.78, 5) is 36.2. The molecule has 0 unspecified atom stereocenters. The first-order valence-corrected chi connectivity index (χ1v) is 11.2. The molecular formula is C26H23NO6. The largest absolute Gasteiger partial charge is 0.489 e. The lowest BCUT2D eigenvalue weighted by Crippen LogP contribution is -2.30. The van der Waals surface area contributed by atoms with Crippen molar-refractivity contribution in [3.63, 3.8) is 0 Å². The van der Waals surface area contributed by atoms with E-state index in [0.717, 1.165) is 24.0 Å². The van der Waals surface area contributed by atoms with Gasteiger partial charge in [-0.05, 0) is 48.2 Å². The summed E-state index contributed by atoms with van der Waals surface area (Å²) >= 11 is 0. The Morgan fingerprint density at radius 2 is 1.55 bits per heavy atom. The SMILES string of the molecule is O=C1CCCC2=C1C(c1cccc(OCc3ccc([N+](=O)[O-])cc3)c1)C1=C(CCCC1=O)O2. The molecule has 0 spiro atoms. The number of non-ortho nitro benzene ring substituents is 1. The molecule has 0 N–H and O–H groups in total. The Morgan fingerprint density at radius 1 is 0.909 bits per heavy atom. The molecule has 7 nitrogen and oxygen atoms in total. The van der Waals surface area contributed by atoms with E-state index in [0.29, 0.717) is 54.1 Å². The van der Waals surface area contributed by atoms with Gasteiger partial charge in [0.25, 0.3) is 5.69 Å². The fourth-order valence-corrected chi connectivity index (χ4v) is 4.82. The fourth-order valence-electron chi connectivity index (χ4n) is 4.82. The molecule has 3 aliphatic rings. The number of carbonyl (C=O) groups excluding carboxylic acids is 2. The number of carbonyl (C=O) groups is 2. The molecule has 5 rings (SSSR count). The van der Waals surface area contributed by atoms with Crippen molar-refractivity contribution in [1.82, 2.24) is 0 Å². The molecule has 2 aromatic rings. The molecule has 0 bridgehead atoms. The van der Waals surface area contributed by atoms with Crippen LogP contribution in [0.4, 0.5) is 5.69 Å². The van der Waals surface area contributed by atoms with Gasteiger partial charge in [-0.3, -0.25) is 19.7 Å². The number of Topliss-reactive ketones (excluding diaryl/α,β-unsaturated/α-hetero) is 2. The maximum atomic E-state index is 12.9. The minimum atomic E-state index is -0.438. The number of nitro benzene ring substituents is 1. The van der Waals surface area contributed by atoms with Gasteiger partial charge in [0.05, 0.1) is 4.92 Å². The summed E-state index contributed by atoms with van der Waals surface area (Å²) in [5.41, 5.74) is 2.90. The average Bonchev–Trinajstić information content (AvgIpc) is 2.82. The lowest BCUT2D eigenvalue weighted by atomic mass is 9.73. The Kier molecular flexibility index (Phi) is 5.54. The van der Waals surface area contributed by atoms with E-state index in [-0.39, 0.29) is 23.9 Å². The van der Waals surface area contributed by atoms with E-state index < -0.39 is 10.8 Å². The van der Waals surface area contributed by atoms with Crippen LogP contribution in [-0.4, -0.2) is 16.5 Å². The lowest BCUT2D eigenvalue weighted by Gasteiger charge is -2.36. The van der Waals surface area contributed by atoms with Crippen LogP contribution in [0.5, 0.6) is 5.75 Å². The zero-order chi connectivity index (χ0) is 22.9. The number of nitrogens with zero attached hydrogens (tertiary/aromatic N) is 1. The quantitative estimate of drug-likeness (QED) is 0.458. The molecule has 33 heavy (non-hydrogen) atoms. The van der Waals surface area contributed by atoms with E-state index in [1.54, 1.807) is 12.1 Å². The first kappa shape index (κ1) is 21.1. The van der Waals surface area contributed by atoms with E-state index in [4.69, 9.17) is 9.47 Å². The summed E-state index contributed by atoms with van der Waals surface area (Å²) in [6, 6.07) is 13.7. The fraction of sp³-hybridized carbons (Fsp3) is 0.308. The lowest BCUT2D eigenvalue weighted by molar-refractivity contribution is -0.384. The number of hydrogen-bond acceptors (Lipinski definition) is 6. The monoisotopic (exact) mass is 445 g/mol. The van der Waals surface area contributed by atoms with Crippen molar-refractivity contribution in [2.45, 2.75) is 51.0 Å². The Balaban J connectivity index is 1.45. The third-order valence-corrected chi connectivity index (χ3v) is 6.38. The Morgan fingerprint density at radius 3 is 2.15 bits per heavy atom. The first-order chi connectivity index (χ1) is 16.0. The predicted octanol–water partition coefficient (Wildman–Crippen LogP) is 5.30. The summed E-state index contributed by atoms with van der Waals surface area (Å²) in [5, 5.41) is 10.8. The van der Waals surface area contributed by atoms with Gasteiger partial charge in [-0.2, -0.15) is 0 Å². The standard InChI is InChI=1S/C26H23NO6/c28-20-6-2-8-22-25(20)24(26-21(29)7-3-9-23(26)33-22)17-4-1-5-19(14-17)32-15-16-10-12-18(13-11-16)27(30)31/h1,4-5,10-14,24H,2-3,6-9,15H2. The number of benzene rings is 2. The minimum absolute atomic E-state index is 0.0303. The van der Waals surface area contributed by atoms with Gasteiger partial charge in [-0.15, -0.1) is 0 Å². The molecule has 2 aliphatic carbocycles. The van der Waals surface area contributed by atoms with Crippen molar-refractivity contribution in [2.75, 3.05) is 0 Å². The maximum absolute atomic E-state index is 12.9. The van der Waals surface area contributed by atoms with Gasteiger partial charge in [0.15, 0.2) is 11.6 Å². The summed E-state index contributed by atoms with van der Waals surface area (Å²) in [6.45, 7) is 0.245. The molecule has 0 atom stereocenters. The molecule has 0 saturated carbocycles. The van der Waals surface area contributed by atoms with Crippen molar-refractivity contribution in [2.24, 2.45) is 0 Å². The van der Waals surface area contributed by atoms with Crippen LogP contribution in [0.15, 0.2) is 71.2 Å². The highest BCUT2D eigenvalue weighted by Crippen LogP contribution is 2.48. The summed E-state index contributed by atoms with van der Waals surface area (Å²) in [7, 11) is 0. The van der Waals surface area contributed by atoms with Gasteiger partial charge in [0, 0.05) is 54.9 Å². The van der Waals surface area contributed by atoms with Gasteiger partial charge in [-0.1, -0.05) is 12.1 Å². The second kappa shape index (κ2) is 8.65. The second-order valence-corrected chi connectivity index (χ2v) is 8.55. The predicted molar refractivity (Wildman–Crippen MR) is 119 cm³/mol. The van der Waals surface area contributed by atoms with Crippen LogP contribution in [0.2, 0.25) is 0 Å². The van der Waals surface area contributed by atoms with Gasteiger partial charge in [0.1, 0.15) is 23.9 Å². The maximum Gasteiger partial charge on any atom is 0.269 e. The molecule has 2 aromatic carbocycles. The molecular weight excluding hydrogens is 422 g/mol. The van der Waals surface area contributed by atoms with Crippen molar-refractivity contribution in [3.05, 3.63) is 92.4 Å². The van der Waals surface area contributed by atoms with Gasteiger partial charge < -0.3 is 9.47 Å². The highest BCUT2D eigenvalue weighted by atomic mass is 16.6. The summed E-state index contributed by atoms with van der Waals surface area (Å²) in [5.74, 6) is 1.69. The summed E-state index contributed by atoms with van der Waals surface area (Å²) in [6.07, 6.45) is 3.87. The van der Waals surface area contributed by atoms with Gasteiger partial charge >= 0.3 is 0 Å². The zero-order valence-electron chi connectivity index (χ0n) is 18.0. The third kappa shape index (κ3) is 4.06. The van der Waals surface area contributed by atoms with E-state index >= 15 is 0 Å². The Labute approximate surface area is 190 Å². The average molecular weight is 445 g/mol. The first-order valence-electron chi connectivity index (χ1n) is 11.2. The highest BCUT2D eigenvalue weighted by molar-refractivity contribution is 6.05. The molecule has 7 heteroatoms. The molecule has 1 aliphatic heterocycles. The normalized spacial score (nSPS) is 18.5. The second-order valence-electron chi connectivity index (χ2n) is 8.55. The molecule has 168 valence electrons. The van der Waals surface area contributed by atoms with E-state index in [2.05, 4.69) is 0 Å². The van der Waals surface area contributed by atoms with Crippen molar-refractivity contribution in [3.8, 4) is 5.75 Å². The topological polar surface area (TPSA) is 95.7 Å². The van der Waals surface area contributed by atoms with Crippen LogP contribution in [0.1, 0.15) is 55.6 Å². The van der Waals surface area contributed by atoms with Crippen LogP contribution in [0.25, 0.3) is 0 Å². The Hall–Kier alpha value is -3.74. The van der Waals surface area contributed by atoms with Gasteiger partial charge in [0.2, 0.25) is 0 Å². The Bertz CT molecular complexity index is 1170. The number of allylic oxidation sites excluding steroid dienone is 4. The minimum Gasteiger partial charge on any atom is -0.489 e. The van der Waals surface area contributed by atoms with Crippen molar-refractivity contribution < 1.29 is 24.0 Å². The van der Waals surface area contributed by atoms with Crippen molar-refractivity contribution in [1.29, 1.82) is 0 Å². The number of nitro groups is 1. The molecule has 0 amide bonds. The van der Waals surface area contributed by atoms with Gasteiger partial charge in [-0.25, -0.2) is 0 Å². The van der Waals surface area contributed by atoms with Crippen molar-refractivity contribution >= 4 is 17.3 Å². The van der Waals surface area contributed by atoms with Crippen LogP contribution in [0, 0.1) is 10.1 Å². The number of rotatable bonds is 5. The number of ketones is 2. The summed E-state index contributed by atoms with van der Waals surface area (Å²) < 4.78 is 12.0. The van der Waals surface area contributed by atoms with Crippen LogP contribution in [-0.2, 0) is 20.9 Å². The molecule has 0 saturated heterocycles. The van der Waals surface area contributed by atoms with E-state index in [1.165, 1.54) is 12.1 Å². The highest BCUT2D eigenvalue weighted by Gasteiger charge is 2.41. The third-order valence-electron chi connectivity index (χ3n) is 6.38. The molecule has 0 radical (unpaired) electrons. The van der Waals surface area contributed by atoms with Crippen LogP contribution in [0.3, 0.4) is 0 Å². The van der Waals surface area contributed by atoms with Crippen LogP contribution >= 0.6 is 0 Å².